The summed E-state index contributed by atoms with van der Waals surface area (Å²) in [4.78, 5) is 63.7. The number of amides is 5. The highest BCUT2D eigenvalue weighted by atomic mass is 79.9. The van der Waals surface area contributed by atoms with Crippen molar-refractivity contribution in [3.05, 3.63) is 91.9 Å². The lowest BCUT2D eigenvalue weighted by Crippen LogP contribution is -2.54. The Morgan fingerprint density at radius 3 is 2.42 bits per heavy atom. The lowest BCUT2D eigenvalue weighted by molar-refractivity contribution is -0.122. The van der Waals surface area contributed by atoms with E-state index >= 15 is 0 Å². The minimum absolute atomic E-state index is 0.133. The van der Waals surface area contributed by atoms with Crippen LogP contribution < -0.4 is 20.3 Å². The molecule has 2 N–H and O–H groups in total. The van der Waals surface area contributed by atoms with Crippen molar-refractivity contribution in [2.24, 2.45) is 0 Å². The van der Waals surface area contributed by atoms with Crippen LogP contribution in [0.25, 0.3) is 6.08 Å². The number of esters is 1. The van der Waals surface area contributed by atoms with Crippen molar-refractivity contribution in [3.63, 3.8) is 0 Å². The van der Waals surface area contributed by atoms with Gasteiger partial charge in [-0.25, -0.2) is 14.5 Å². The second kappa shape index (κ2) is 12.3. The minimum Gasteiger partial charge on any atom is -0.482 e. The number of ether oxygens (including phenoxy) is 2. The van der Waals surface area contributed by atoms with Crippen LogP contribution in [0, 0.1) is 6.92 Å². The molecule has 1 aliphatic heterocycles. The summed E-state index contributed by atoms with van der Waals surface area (Å²) in [5.41, 5.74) is 1.88. The highest BCUT2D eigenvalue weighted by molar-refractivity contribution is 9.11. The zero-order valence-corrected chi connectivity index (χ0v) is 24.3. The number of benzene rings is 3. The summed E-state index contributed by atoms with van der Waals surface area (Å²) in [6.45, 7) is 1.54. The summed E-state index contributed by atoms with van der Waals surface area (Å²) in [5, 5.41) is 4.89. The lowest BCUT2D eigenvalue weighted by atomic mass is 10.1. The molecule has 10 nitrogen and oxygen atoms in total. The number of carbonyl (C=O) groups excluding carboxylic acids is 5. The van der Waals surface area contributed by atoms with E-state index in [4.69, 9.17) is 4.74 Å². The number of imide groups is 2. The summed E-state index contributed by atoms with van der Waals surface area (Å²) >= 11 is 6.77. The Kier molecular flexibility index (Phi) is 8.80. The number of hydrogen-bond acceptors (Lipinski definition) is 7. The van der Waals surface area contributed by atoms with E-state index in [1.54, 1.807) is 18.2 Å². The second-order valence-electron chi connectivity index (χ2n) is 8.51. The quantitative estimate of drug-likeness (QED) is 0.206. The summed E-state index contributed by atoms with van der Waals surface area (Å²) < 4.78 is 11.5. The molecule has 0 spiro atoms. The Morgan fingerprint density at radius 1 is 1.02 bits per heavy atom. The molecule has 0 unspecified atom stereocenters. The number of rotatable bonds is 7. The van der Waals surface area contributed by atoms with Gasteiger partial charge in [-0.15, -0.1) is 0 Å². The highest BCUT2D eigenvalue weighted by Crippen LogP contribution is 2.35. The third kappa shape index (κ3) is 6.46. The molecule has 0 radical (unpaired) electrons. The van der Waals surface area contributed by atoms with Gasteiger partial charge in [0.25, 0.3) is 17.7 Å². The number of methoxy groups -OCH3 is 1. The first-order valence-electron chi connectivity index (χ1n) is 11.7. The number of barbiturate groups is 1. The first kappa shape index (κ1) is 28.7. The zero-order valence-electron chi connectivity index (χ0n) is 21.1. The summed E-state index contributed by atoms with van der Waals surface area (Å²) in [7, 11) is 1.23. The second-order valence-corrected chi connectivity index (χ2v) is 10.3. The third-order valence-electron chi connectivity index (χ3n) is 5.63. The van der Waals surface area contributed by atoms with Gasteiger partial charge in [0.2, 0.25) is 0 Å². The van der Waals surface area contributed by atoms with Crippen molar-refractivity contribution in [3.8, 4) is 5.75 Å². The minimum atomic E-state index is -0.947. The van der Waals surface area contributed by atoms with E-state index in [0.717, 1.165) is 10.5 Å². The molecule has 0 aliphatic carbocycles. The SMILES string of the molecule is COC(=O)c1ccc(N2C(=O)NC(=O)/C(=C/c3cc(Br)cc(Br)c3OCC(=O)Nc3cccc(C)c3)C2=O)cc1. The fourth-order valence-electron chi connectivity index (χ4n) is 3.81. The monoisotopic (exact) mass is 669 g/mol. The van der Waals surface area contributed by atoms with E-state index in [0.29, 0.717) is 20.2 Å². The number of hydrogen-bond donors (Lipinski definition) is 2. The molecule has 4 rings (SSSR count). The van der Waals surface area contributed by atoms with E-state index < -0.39 is 29.7 Å². The summed E-state index contributed by atoms with van der Waals surface area (Å²) in [6.07, 6.45) is 1.27. The van der Waals surface area contributed by atoms with Gasteiger partial charge in [-0.3, -0.25) is 19.7 Å². The standard InChI is InChI=1S/C28H21Br2N3O7/c1-15-4-3-5-19(10-15)31-23(34)14-40-24-17(11-18(29)13-22(24)30)12-21-25(35)32-28(38)33(26(21)36)20-8-6-16(7-9-20)27(37)39-2/h3-13H,14H2,1-2H3,(H,31,34)(H,32,35,38)/b21-12-. The van der Waals surface area contributed by atoms with Gasteiger partial charge in [-0.05, 0) is 83.0 Å². The van der Waals surface area contributed by atoms with Gasteiger partial charge in [0.15, 0.2) is 6.61 Å². The Labute approximate surface area is 245 Å². The molecule has 0 bridgehead atoms. The number of urea groups is 1. The summed E-state index contributed by atoms with van der Waals surface area (Å²) in [5.74, 6) is -2.60. The van der Waals surface area contributed by atoms with Crippen molar-refractivity contribution in [1.29, 1.82) is 0 Å². The largest absolute Gasteiger partial charge is 0.482 e. The predicted molar refractivity (Wildman–Crippen MR) is 154 cm³/mol. The molecule has 1 aliphatic rings. The van der Waals surface area contributed by atoms with Crippen LogP contribution in [-0.2, 0) is 19.1 Å². The van der Waals surface area contributed by atoms with Crippen LogP contribution in [-0.4, -0.2) is 43.4 Å². The van der Waals surface area contributed by atoms with Crippen LogP contribution in [0.2, 0.25) is 0 Å². The molecule has 3 aromatic rings. The van der Waals surface area contributed by atoms with Crippen molar-refractivity contribution in [2.45, 2.75) is 6.92 Å². The number of aryl methyl sites for hydroxylation is 1. The Bertz CT molecular complexity index is 1570. The van der Waals surface area contributed by atoms with Crippen LogP contribution in [0.5, 0.6) is 5.75 Å². The zero-order chi connectivity index (χ0) is 29.0. The van der Waals surface area contributed by atoms with Crippen molar-refractivity contribution < 1.29 is 33.4 Å². The van der Waals surface area contributed by atoms with Crippen LogP contribution in [0.1, 0.15) is 21.5 Å². The van der Waals surface area contributed by atoms with Gasteiger partial charge in [-0.1, -0.05) is 28.1 Å². The molecule has 0 saturated carbocycles. The maximum atomic E-state index is 13.4. The topological polar surface area (TPSA) is 131 Å². The number of nitrogens with zero attached hydrogens (tertiary/aromatic N) is 1. The van der Waals surface area contributed by atoms with E-state index in [1.165, 1.54) is 37.5 Å². The first-order chi connectivity index (χ1) is 19.1. The van der Waals surface area contributed by atoms with Gasteiger partial charge in [0.1, 0.15) is 11.3 Å². The van der Waals surface area contributed by atoms with Gasteiger partial charge in [-0.2, -0.15) is 0 Å². The van der Waals surface area contributed by atoms with Crippen LogP contribution >= 0.6 is 31.9 Å². The normalized spacial score (nSPS) is 14.2. The molecule has 0 aromatic heterocycles. The van der Waals surface area contributed by atoms with E-state index in [9.17, 15) is 24.0 Å². The van der Waals surface area contributed by atoms with Gasteiger partial charge < -0.3 is 14.8 Å². The molecular weight excluding hydrogens is 650 g/mol. The molecule has 0 atom stereocenters. The van der Waals surface area contributed by atoms with Crippen molar-refractivity contribution >= 4 is 79.0 Å². The van der Waals surface area contributed by atoms with Crippen LogP contribution in [0.15, 0.2) is 75.2 Å². The van der Waals surface area contributed by atoms with Gasteiger partial charge >= 0.3 is 12.0 Å². The molecule has 204 valence electrons. The first-order valence-corrected chi connectivity index (χ1v) is 13.2. The molecule has 1 saturated heterocycles. The molecule has 5 amide bonds. The van der Waals surface area contributed by atoms with E-state index in [-0.39, 0.29) is 29.2 Å². The van der Waals surface area contributed by atoms with Gasteiger partial charge in [0.05, 0.1) is 22.8 Å². The van der Waals surface area contributed by atoms with E-state index in [1.807, 2.05) is 25.1 Å². The number of halogens is 2. The maximum Gasteiger partial charge on any atom is 0.337 e. The van der Waals surface area contributed by atoms with Crippen LogP contribution in [0.3, 0.4) is 0 Å². The molecule has 40 heavy (non-hydrogen) atoms. The van der Waals surface area contributed by atoms with Crippen molar-refractivity contribution in [1.82, 2.24) is 5.32 Å². The molecule has 3 aromatic carbocycles. The Balaban J connectivity index is 1.61. The molecule has 1 fully saturated rings. The Morgan fingerprint density at radius 2 is 1.75 bits per heavy atom. The number of nitrogens with one attached hydrogen (secondary N) is 2. The average molecular weight is 671 g/mol. The predicted octanol–water partition coefficient (Wildman–Crippen LogP) is 4.99. The molecular formula is C28H21Br2N3O7. The summed E-state index contributed by atoms with van der Waals surface area (Å²) in [6, 6.07) is 15.2. The molecule has 1 heterocycles. The van der Waals surface area contributed by atoms with Gasteiger partial charge in [0, 0.05) is 15.7 Å². The number of anilines is 2. The average Bonchev–Trinajstić information content (AvgIpc) is 2.90. The maximum absolute atomic E-state index is 13.4. The third-order valence-corrected chi connectivity index (χ3v) is 6.68. The fraction of sp³-hybridized carbons (Fsp3) is 0.107. The highest BCUT2D eigenvalue weighted by Gasteiger charge is 2.37. The number of carbonyl (C=O) groups is 5. The van der Waals surface area contributed by atoms with E-state index in [2.05, 4.69) is 47.2 Å². The fourth-order valence-corrected chi connectivity index (χ4v) is 5.18. The Hall–Kier alpha value is -4.29. The smallest absolute Gasteiger partial charge is 0.337 e. The molecule has 12 heteroatoms. The van der Waals surface area contributed by atoms with Crippen LogP contribution in [0.4, 0.5) is 16.2 Å². The lowest BCUT2D eigenvalue weighted by Gasteiger charge is -2.26. The van der Waals surface area contributed by atoms with Crippen molar-refractivity contribution in [2.75, 3.05) is 23.9 Å².